The second-order valence-electron chi connectivity index (χ2n) is 3.16. The molecule has 1 atom stereocenters. The molecule has 0 spiro atoms. The smallest absolute Gasteiger partial charge is 0.107 e. The Bertz CT molecular complexity index is 295. The van der Waals surface area contributed by atoms with E-state index in [0.29, 0.717) is 5.92 Å². The molecular formula is C9H11NS3. The normalized spacial score (nSPS) is 27.6. The number of nitrogens with zero attached hydrogens (tertiary/aromatic N) is 1. The molecule has 2 aliphatic rings. The van der Waals surface area contributed by atoms with Crippen LogP contribution < -0.4 is 0 Å². The minimum absolute atomic E-state index is 0.492. The molecule has 0 bridgehead atoms. The zero-order valence-corrected chi connectivity index (χ0v) is 9.90. The van der Waals surface area contributed by atoms with E-state index in [0.717, 1.165) is 16.5 Å². The molecule has 2 heterocycles. The molecule has 4 heteroatoms. The summed E-state index contributed by atoms with van der Waals surface area (Å²) in [6, 6.07) is 0. The zero-order valence-electron chi connectivity index (χ0n) is 7.45. The van der Waals surface area contributed by atoms with Gasteiger partial charge in [0.1, 0.15) is 4.99 Å². The minimum Gasteiger partial charge on any atom is -0.327 e. The van der Waals surface area contributed by atoms with E-state index in [1.54, 1.807) is 0 Å². The van der Waals surface area contributed by atoms with Gasteiger partial charge in [0, 0.05) is 12.5 Å². The maximum atomic E-state index is 5.43. The summed E-state index contributed by atoms with van der Waals surface area (Å²) in [5.74, 6) is 1.68. The highest BCUT2D eigenvalue weighted by Crippen LogP contribution is 2.40. The Kier molecular flexibility index (Phi) is 2.72. The second kappa shape index (κ2) is 3.67. The lowest BCUT2D eigenvalue weighted by atomic mass is 10.0. The van der Waals surface area contributed by atoms with E-state index >= 15 is 0 Å². The first kappa shape index (κ1) is 9.62. The van der Waals surface area contributed by atoms with Gasteiger partial charge >= 0.3 is 0 Å². The summed E-state index contributed by atoms with van der Waals surface area (Å²) in [6.45, 7) is 3.00. The molecule has 0 aromatic carbocycles. The van der Waals surface area contributed by atoms with Gasteiger partial charge in [0.25, 0.3) is 0 Å². The summed E-state index contributed by atoms with van der Waals surface area (Å²) < 4.78 is 0. The molecule has 0 aliphatic carbocycles. The fourth-order valence-electron chi connectivity index (χ4n) is 1.73. The Labute approximate surface area is 93.6 Å². The first-order valence-corrected chi connectivity index (χ1v) is 6.24. The lowest BCUT2D eigenvalue weighted by molar-refractivity contribution is 0.612. The first-order valence-electron chi connectivity index (χ1n) is 4.43. The van der Waals surface area contributed by atoms with E-state index < -0.39 is 0 Å². The molecule has 1 fully saturated rings. The van der Waals surface area contributed by atoms with Crippen molar-refractivity contribution in [3.05, 3.63) is 11.0 Å². The summed E-state index contributed by atoms with van der Waals surface area (Å²) in [5.41, 5.74) is 0. The fourth-order valence-corrected chi connectivity index (χ4v) is 3.98. The zero-order chi connectivity index (χ0) is 9.42. The number of hydrogen-bond donors (Lipinski definition) is 0. The Morgan fingerprint density at radius 1 is 1.62 bits per heavy atom. The average Bonchev–Trinajstić information content (AvgIpc) is 2.53. The molecule has 0 aromatic heterocycles. The molecule has 13 heavy (non-hydrogen) atoms. The van der Waals surface area contributed by atoms with E-state index in [1.165, 1.54) is 17.1 Å². The standard InChI is InChI=1S/C9H11NS3/c1-2-10-8(11)5-7-6(9(10)12)3-4-13-7/h5-6H,2-4H2,1H3. The Hall–Kier alpha value is 0.0700. The van der Waals surface area contributed by atoms with Gasteiger partial charge < -0.3 is 4.90 Å². The predicted octanol–water partition coefficient (Wildman–Crippen LogP) is 2.61. The van der Waals surface area contributed by atoms with E-state index in [9.17, 15) is 0 Å². The van der Waals surface area contributed by atoms with Crippen molar-refractivity contribution < 1.29 is 0 Å². The average molecular weight is 229 g/mol. The van der Waals surface area contributed by atoms with Gasteiger partial charge in [-0.25, -0.2) is 0 Å². The number of likely N-dealkylation sites (N-methyl/N-ethyl adjacent to an activating group) is 1. The van der Waals surface area contributed by atoms with Gasteiger partial charge in [-0.2, -0.15) is 0 Å². The van der Waals surface area contributed by atoms with Crippen LogP contribution in [0.3, 0.4) is 0 Å². The highest BCUT2D eigenvalue weighted by molar-refractivity contribution is 8.03. The minimum atomic E-state index is 0.492. The number of fused-ring (bicyclic) bond motifs is 1. The lowest BCUT2D eigenvalue weighted by Gasteiger charge is -2.31. The predicted molar refractivity (Wildman–Crippen MR) is 66.2 cm³/mol. The van der Waals surface area contributed by atoms with E-state index in [2.05, 4.69) is 17.9 Å². The molecule has 0 amide bonds. The van der Waals surface area contributed by atoms with E-state index in [4.69, 9.17) is 24.4 Å². The monoisotopic (exact) mass is 229 g/mol. The van der Waals surface area contributed by atoms with Gasteiger partial charge in [-0.3, -0.25) is 0 Å². The van der Waals surface area contributed by atoms with Crippen LogP contribution in [0.4, 0.5) is 0 Å². The van der Waals surface area contributed by atoms with Gasteiger partial charge in [-0.05, 0) is 30.1 Å². The van der Waals surface area contributed by atoms with Crippen LogP contribution in [0.25, 0.3) is 0 Å². The summed E-state index contributed by atoms with van der Waals surface area (Å²) in [4.78, 5) is 5.40. The van der Waals surface area contributed by atoms with Crippen molar-refractivity contribution in [2.75, 3.05) is 12.3 Å². The molecular weight excluding hydrogens is 218 g/mol. The molecule has 0 saturated carbocycles. The molecule has 1 nitrogen and oxygen atoms in total. The maximum absolute atomic E-state index is 5.43. The van der Waals surface area contributed by atoms with Crippen molar-refractivity contribution in [1.82, 2.24) is 4.90 Å². The third-order valence-corrected chi connectivity index (χ3v) is 4.45. The van der Waals surface area contributed by atoms with Gasteiger partial charge in [0.15, 0.2) is 0 Å². The van der Waals surface area contributed by atoms with Crippen LogP contribution >= 0.6 is 36.2 Å². The highest BCUT2D eigenvalue weighted by atomic mass is 32.2. The van der Waals surface area contributed by atoms with Crippen molar-refractivity contribution in [3.8, 4) is 0 Å². The molecule has 1 saturated heterocycles. The molecule has 2 rings (SSSR count). The van der Waals surface area contributed by atoms with Crippen LogP contribution in [0, 0.1) is 5.92 Å². The third-order valence-electron chi connectivity index (χ3n) is 2.43. The molecule has 2 aliphatic heterocycles. The Morgan fingerprint density at radius 3 is 3.08 bits per heavy atom. The highest BCUT2D eigenvalue weighted by Gasteiger charge is 2.33. The summed E-state index contributed by atoms with van der Waals surface area (Å²) in [7, 11) is 0. The molecule has 0 aromatic rings. The van der Waals surface area contributed by atoms with Gasteiger partial charge in [0.05, 0.1) is 4.99 Å². The van der Waals surface area contributed by atoms with Crippen molar-refractivity contribution in [2.45, 2.75) is 13.3 Å². The van der Waals surface area contributed by atoms with Crippen molar-refractivity contribution >= 4 is 46.2 Å². The number of thioether (sulfide) groups is 1. The maximum Gasteiger partial charge on any atom is 0.107 e. The SMILES string of the molecule is CCN1C(=S)C=C2SCCC2C1=S. The summed E-state index contributed by atoms with van der Waals surface area (Å²) in [6.07, 6.45) is 3.31. The van der Waals surface area contributed by atoms with Crippen molar-refractivity contribution in [2.24, 2.45) is 5.92 Å². The van der Waals surface area contributed by atoms with Crippen LogP contribution in [0.2, 0.25) is 0 Å². The number of thiocarbonyl (C=S) groups is 2. The van der Waals surface area contributed by atoms with Crippen LogP contribution in [0.15, 0.2) is 11.0 Å². The molecule has 1 unspecified atom stereocenters. The first-order chi connectivity index (χ1) is 6.24. The number of rotatable bonds is 1. The second-order valence-corrected chi connectivity index (χ2v) is 5.16. The quantitative estimate of drug-likeness (QED) is 0.636. The fraction of sp³-hybridized carbons (Fsp3) is 0.556. The Balaban J connectivity index is 2.33. The summed E-state index contributed by atoms with van der Waals surface area (Å²) >= 11 is 12.6. The molecule has 0 N–H and O–H groups in total. The third kappa shape index (κ3) is 1.55. The molecule has 0 radical (unpaired) electrons. The van der Waals surface area contributed by atoms with Crippen LogP contribution in [0.1, 0.15) is 13.3 Å². The van der Waals surface area contributed by atoms with Crippen LogP contribution in [-0.2, 0) is 0 Å². The summed E-state index contributed by atoms with van der Waals surface area (Å²) in [5, 5.41) is 0. The van der Waals surface area contributed by atoms with Gasteiger partial charge in [0.2, 0.25) is 0 Å². The van der Waals surface area contributed by atoms with Crippen molar-refractivity contribution in [1.29, 1.82) is 0 Å². The van der Waals surface area contributed by atoms with Crippen molar-refractivity contribution in [3.63, 3.8) is 0 Å². The number of hydrogen-bond acceptors (Lipinski definition) is 3. The van der Waals surface area contributed by atoms with Crippen LogP contribution in [-0.4, -0.2) is 27.2 Å². The van der Waals surface area contributed by atoms with Gasteiger partial charge in [-0.1, -0.05) is 24.4 Å². The Morgan fingerprint density at radius 2 is 2.38 bits per heavy atom. The van der Waals surface area contributed by atoms with Crippen LogP contribution in [0.5, 0.6) is 0 Å². The topological polar surface area (TPSA) is 3.24 Å². The van der Waals surface area contributed by atoms with E-state index in [1.807, 2.05) is 11.8 Å². The molecule has 70 valence electrons. The largest absolute Gasteiger partial charge is 0.327 e. The van der Waals surface area contributed by atoms with Gasteiger partial charge in [-0.15, -0.1) is 11.8 Å². The lowest BCUT2D eigenvalue weighted by Crippen LogP contribution is -2.40. The van der Waals surface area contributed by atoms with E-state index in [-0.39, 0.29) is 0 Å².